The van der Waals surface area contributed by atoms with Gasteiger partial charge in [0.2, 0.25) is 0 Å². The predicted octanol–water partition coefficient (Wildman–Crippen LogP) is 4.76. The smallest absolute Gasteiger partial charge is 0.258 e. The Morgan fingerprint density at radius 3 is 2.39 bits per heavy atom. The number of rotatable bonds is 6. The molecule has 8 heteroatoms. The lowest BCUT2D eigenvalue weighted by Gasteiger charge is -2.20. The van der Waals surface area contributed by atoms with Crippen LogP contribution in [0.15, 0.2) is 52.1 Å². The number of pyridine rings is 1. The number of anilines is 1. The zero-order valence-electron chi connectivity index (χ0n) is 18.3. The van der Waals surface area contributed by atoms with Crippen LogP contribution in [0.5, 0.6) is 0 Å². The van der Waals surface area contributed by atoms with Gasteiger partial charge in [0.1, 0.15) is 10.8 Å². The van der Waals surface area contributed by atoms with E-state index in [0.29, 0.717) is 27.6 Å². The van der Waals surface area contributed by atoms with Gasteiger partial charge in [-0.3, -0.25) is 9.59 Å². The molecule has 0 saturated heterocycles. The molecule has 3 aromatic rings. The monoisotopic (exact) mass is 438 g/mol. The molecule has 2 N–H and O–H groups in total. The van der Waals surface area contributed by atoms with Crippen molar-refractivity contribution in [3.8, 4) is 0 Å². The summed E-state index contributed by atoms with van der Waals surface area (Å²) in [5.41, 5.74) is 3.14. The van der Waals surface area contributed by atoms with Crippen LogP contribution in [0.2, 0.25) is 0 Å². The van der Waals surface area contributed by atoms with Crippen molar-refractivity contribution >= 4 is 29.3 Å². The second-order valence-electron chi connectivity index (χ2n) is 8.18. The van der Waals surface area contributed by atoms with E-state index in [-0.39, 0.29) is 17.4 Å². The maximum atomic E-state index is 12.9. The fourth-order valence-electron chi connectivity index (χ4n) is 2.84. The van der Waals surface area contributed by atoms with Gasteiger partial charge < -0.3 is 15.2 Å². The third-order valence-electron chi connectivity index (χ3n) is 4.44. The standard InChI is InChI=1S/C23H26N4O3S/c1-14-19(15(2)30-27-14)13-31-22-18(7-6-12-24-22)21(29)25-17-10-8-16(9-11-17)20(28)26-23(3,4)5/h6-12H,13H2,1-5H3,(H,25,29)(H,26,28). The van der Waals surface area contributed by atoms with E-state index in [1.165, 1.54) is 11.8 Å². The van der Waals surface area contributed by atoms with Crippen LogP contribution in [-0.2, 0) is 5.75 Å². The number of carbonyl (C=O) groups is 2. The largest absolute Gasteiger partial charge is 0.361 e. The minimum Gasteiger partial charge on any atom is -0.361 e. The number of nitrogens with zero attached hydrogens (tertiary/aromatic N) is 2. The molecule has 0 unspecified atom stereocenters. The van der Waals surface area contributed by atoms with Gasteiger partial charge in [0, 0.05) is 34.3 Å². The second-order valence-corrected chi connectivity index (χ2v) is 9.15. The van der Waals surface area contributed by atoms with Gasteiger partial charge in [-0.15, -0.1) is 11.8 Å². The summed E-state index contributed by atoms with van der Waals surface area (Å²) in [5.74, 6) is 0.954. The van der Waals surface area contributed by atoms with Crippen LogP contribution in [0, 0.1) is 13.8 Å². The summed E-state index contributed by atoms with van der Waals surface area (Å²) in [4.78, 5) is 29.5. The van der Waals surface area contributed by atoms with Crippen molar-refractivity contribution in [2.24, 2.45) is 0 Å². The number of thioether (sulfide) groups is 1. The van der Waals surface area contributed by atoms with Gasteiger partial charge in [0.05, 0.1) is 11.3 Å². The maximum Gasteiger partial charge on any atom is 0.258 e. The molecule has 7 nitrogen and oxygen atoms in total. The summed E-state index contributed by atoms with van der Waals surface area (Å²) >= 11 is 1.46. The number of aryl methyl sites for hydroxylation is 2. The lowest BCUT2D eigenvalue weighted by Crippen LogP contribution is -2.40. The highest BCUT2D eigenvalue weighted by atomic mass is 32.2. The van der Waals surface area contributed by atoms with E-state index >= 15 is 0 Å². The van der Waals surface area contributed by atoms with Gasteiger partial charge in [-0.1, -0.05) is 5.16 Å². The van der Waals surface area contributed by atoms with Gasteiger partial charge in [0.15, 0.2) is 0 Å². The Bertz CT molecular complexity index is 1070. The van der Waals surface area contributed by atoms with Crippen molar-refractivity contribution in [3.05, 3.63) is 70.7 Å². The molecule has 0 saturated carbocycles. The first kappa shape index (κ1) is 22.6. The molecule has 1 aromatic carbocycles. The first-order valence-corrected chi connectivity index (χ1v) is 10.9. The fraction of sp³-hybridized carbons (Fsp3) is 0.304. The Hall–Kier alpha value is -3.13. The van der Waals surface area contributed by atoms with E-state index in [9.17, 15) is 9.59 Å². The molecule has 2 aromatic heterocycles. The van der Waals surface area contributed by atoms with Crippen molar-refractivity contribution in [3.63, 3.8) is 0 Å². The number of carbonyl (C=O) groups excluding carboxylic acids is 2. The van der Waals surface area contributed by atoms with Crippen LogP contribution in [0.4, 0.5) is 5.69 Å². The highest BCUT2D eigenvalue weighted by Gasteiger charge is 2.17. The Balaban J connectivity index is 1.69. The molecule has 0 aliphatic rings. The number of aromatic nitrogens is 2. The van der Waals surface area contributed by atoms with E-state index in [0.717, 1.165) is 17.0 Å². The van der Waals surface area contributed by atoms with Gasteiger partial charge in [-0.05, 0) is 71.0 Å². The Morgan fingerprint density at radius 1 is 1.06 bits per heavy atom. The van der Waals surface area contributed by atoms with Crippen molar-refractivity contribution in [1.82, 2.24) is 15.5 Å². The van der Waals surface area contributed by atoms with E-state index in [2.05, 4.69) is 20.8 Å². The first-order valence-electron chi connectivity index (χ1n) is 9.87. The number of nitrogens with one attached hydrogen (secondary N) is 2. The molecule has 0 atom stereocenters. The van der Waals surface area contributed by atoms with Crippen molar-refractivity contribution in [1.29, 1.82) is 0 Å². The molecule has 0 bridgehead atoms. The zero-order valence-corrected chi connectivity index (χ0v) is 19.1. The van der Waals surface area contributed by atoms with Crippen molar-refractivity contribution in [2.75, 3.05) is 5.32 Å². The SMILES string of the molecule is Cc1noc(C)c1CSc1ncccc1C(=O)Nc1ccc(C(=O)NC(C)(C)C)cc1. The van der Waals surface area contributed by atoms with Crippen LogP contribution in [0.25, 0.3) is 0 Å². The maximum absolute atomic E-state index is 12.9. The minimum absolute atomic E-state index is 0.157. The third-order valence-corrected chi connectivity index (χ3v) is 5.48. The topological polar surface area (TPSA) is 97.1 Å². The van der Waals surface area contributed by atoms with Crippen molar-refractivity contribution in [2.45, 2.75) is 50.9 Å². The molecule has 3 rings (SSSR count). The first-order chi connectivity index (χ1) is 14.6. The quantitative estimate of drug-likeness (QED) is 0.539. The van der Waals surface area contributed by atoms with E-state index in [1.54, 1.807) is 42.6 Å². The van der Waals surface area contributed by atoms with E-state index in [1.807, 2.05) is 34.6 Å². The van der Waals surface area contributed by atoms with Crippen LogP contribution in [0.3, 0.4) is 0 Å². The van der Waals surface area contributed by atoms with Crippen LogP contribution < -0.4 is 10.6 Å². The van der Waals surface area contributed by atoms with E-state index < -0.39 is 0 Å². The molecule has 0 spiro atoms. The summed E-state index contributed by atoms with van der Waals surface area (Å²) in [5, 5.41) is 10.4. The molecule has 0 fully saturated rings. The number of benzene rings is 1. The molecule has 2 heterocycles. The summed E-state index contributed by atoms with van der Waals surface area (Å²) < 4.78 is 5.20. The molecule has 2 amide bonds. The van der Waals surface area contributed by atoms with Crippen LogP contribution in [-0.4, -0.2) is 27.5 Å². The summed E-state index contributed by atoms with van der Waals surface area (Å²) in [6.45, 7) is 9.54. The Labute approximate surface area is 186 Å². The molecule has 162 valence electrons. The number of hydrogen-bond acceptors (Lipinski definition) is 6. The highest BCUT2D eigenvalue weighted by Crippen LogP contribution is 2.27. The van der Waals surface area contributed by atoms with Crippen molar-refractivity contribution < 1.29 is 14.1 Å². The Morgan fingerprint density at radius 2 is 1.77 bits per heavy atom. The highest BCUT2D eigenvalue weighted by molar-refractivity contribution is 7.98. The van der Waals surface area contributed by atoms with Gasteiger partial charge in [-0.2, -0.15) is 0 Å². The molecule has 0 radical (unpaired) electrons. The number of hydrogen-bond donors (Lipinski definition) is 2. The molecular weight excluding hydrogens is 412 g/mol. The zero-order chi connectivity index (χ0) is 22.6. The predicted molar refractivity (Wildman–Crippen MR) is 121 cm³/mol. The second kappa shape index (κ2) is 9.34. The lowest BCUT2D eigenvalue weighted by atomic mass is 10.1. The third kappa shape index (κ3) is 5.95. The lowest BCUT2D eigenvalue weighted by molar-refractivity contribution is 0.0919. The fourth-order valence-corrected chi connectivity index (χ4v) is 3.99. The van der Waals surface area contributed by atoms with Gasteiger partial charge >= 0.3 is 0 Å². The normalized spacial score (nSPS) is 11.3. The average Bonchev–Trinajstić information content (AvgIpc) is 3.03. The molecular formula is C23H26N4O3S. The summed E-state index contributed by atoms with van der Waals surface area (Å²) in [6, 6.07) is 10.3. The molecule has 31 heavy (non-hydrogen) atoms. The number of amides is 2. The van der Waals surface area contributed by atoms with Gasteiger partial charge in [0.25, 0.3) is 11.8 Å². The minimum atomic E-state index is -0.318. The Kier molecular flexibility index (Phi) is 6.80. The average molecular weight is 439 g/mol. The molecule has 0 aliphatic carbocycles. The van der Waals surface area contributed by atoms with Crippen LogP contribution >= 0.6 is 11.8 Å². The van der Waals surface area contributed by atoms with Gasteiger partial charge in [-0.25, -0.2) is 4.98 Å². The van der Waals surface area contributed by atoms with Crippen LogP contribution in [0.1, 0.15) is 58.5 Å². The van der Waals surface area contributed by atoms with E-state index in [4.69, 9.17) is 4.52 Å². The summed E-state index contributed by atoms with van der Waals surface area (Å²) in [6.07, 6.45) is 1.66. The molecule has 0 aliphatic heterocycles. The summed E-state index contributed by atoms with van der Waals surface area (Å²) in [7, 11) is 0.